The van der Waals surface area contributed by atoms with Gasteiger partial charge in [-0.05, 0) is 13.8 Å². The maximum Gasteiger partial charge on any atom is 0.251 e. The maximum atomic E-state index is 12.5. The van der Waals surface area contributed by atoms with Gasteiger partial charge >= 0.3 is 0 Å². The van der Waals surface area contributed by atoms with E-state index >= 15 is 0 Å². The molecule has 1 saturated heterocycles. The first kappa shape index (κ1) is 16.3. The number of rotatable bonds is 7. The van der Waals surface area contributed by atoms with E-state index in [1.165, 1.54) is 0 Å². The lowest BCUT2D eigenvalue weighted by atomic mass is 10.2. The quantitative estimate of drug-likeness (QED) is 0.665. The lowest BCUT2D eigenvalue weighted by molar-refractivity contribution is -0.0562. The molecule has 1 rings (SSSR count). The van der Waals surface area contributed by atoms with Crippen molar-refractivity contribution in [2.24, 2.45) is 0 Å². The van der Waals surface area contributed by atoms with Crippen LogP contribution in [0.4, 0.5) is 8.78 Å². The summed E-state index contributed by atoms with van der Waals surface area (Å²) in [6, 6.07) is 0.483. The predicted molar refractivity (Wildman–Crippen MR) is 72.7 cm³/mol. The Bertz CT molecular complexity index is 232. The Balaban J connectivity index is 2.42. The van der Waals surface area contributed by atoms with Crippen LogP contribution < -0.4 is 0 Å². The van der Waals surface area contributed by atoms with Gasteiger partial charge in [-0.1, -0.05) is 15.9 Å². The van der Waals surface area contributed by atoms with Crippen molar-refractivity contribution in [3.63, 3.8) is 0 Å². The molecule has 1 heterocycles. The minimum absolute atomic E-state index is 0.0407. The molecule has 0 aliphatic carbocycles. The molecule has 0 aromatic carbocycles. The average Bonchev–Trinajstić information content (AvgIpc) is 2.28. The largest absolute Gasteiger partial charge is 0.374 e. The van der Waals surface area contributed by atoms with Gasteiger partial charge in [0.15, 0.2) is 0 Å². The van der Waals surface area contributed by atoms with E-state index in [9.17, 15) is 8.78 Å². The van der Waals surface area contributed by atoms with Crippen molar-refractivity contribution in [1.82, 2.24) is 9.80 Å². The molecule has 6 heteroatoms. The summed E-state index contributed by atoms with van der Waals surface area (Å²) in [5.74, 6) is 0. The van der Waals surface area contributed by atoms with Crippen LogP contribution in [0.5, 0.6) is 0 Å². The van der Waals surface area contributed by atoms with Gasteiger partial charge in [0.25, 0.3) is 6.43 Å². The van der Waals surface area contributed by atoms with Gasteiger partial charge in [-0.3, -0.25) is 9.80 Å². The summed E-state index contributed by atoms with van der Waals surface area (Å²) >= 11 is 3.30. The Kier molecular flexibility index (Phi) is 7.60. The van der Waals surface area contributed by atoms with E-state index in [1.54, 1.807) is 4.90 Å². The molecule has 0 spiro atoms. The standard InChI is InChI=1S/C12H23BrF2N2O/c1-10(2)17-5-6-18-11(8-17)7-16(4-3-13)9-12(14)15/h10-12H,3-9H2,1-2H3. The SMILES string of the molecule is CC(C)N1CCOC(CN(CCBr)CC(F)F)C1. The molecule has 1 unspecified atom stereocenters. The highest BCUT2D eigenvalue weighted by atomic mass is 79.9. The van der Waals surface area contributed by atoms with Crippen LogP contribution in [-0.2, 0) is 4.74 Å². The molecule has 0 aromatic rings. The minimum atomic E-state index is -2.28. The highest BCUT2D eigenvalue weighted by Gasteiger charge is 2.24. The third kappa shape index (κ3) is 5.91. The molecule has 1 aliphatic rings. The Hall–Kier alpha value is 0.220. The first-order valence-electron chi connectivity index (χ1n) is 6.45. The molecule has 0 amide bonds. The average molecular weight is 329 g/mol. The van der Waals surface area contributed by atoms with Crippen LogP contribution in [0.15, 0.2) is 0 Å². The van der Waals surface area contributed by atoms with E-state index in [2.05, 4.69) is 34.7 Å². The zero-order valence-corrected chi connectivity index (χ0v) is 12.7. The van der Waals surface area contributed by atoms with Crippen molar-refractivity contribution < 1.29 is 13.5 Å². The molecule has 18 heavy (non-hydrogen) atoms. The Morgan fingerprint density at radius 1 is 1.44 bits per heavy atom. The summed E-state index contributed by atoms with van der Waals surface area (Å²) in [6.45, 7) is 7.80. The fraction of sp³-hybridized carbons (Fsp3) is 1.00. The van der Waals surface area contributed by atoms with E-state index in [4.69, 9.17) is 4.74 Å². The molecule has 0 aromatic heterocycles. The molecular formula is C12H23BrF2N2O. The molecule has 1 atom stereocenters. The summed E-state index contributed by atoms with van der Waals surface area (Å²) < 4.78 is 30.6. The molecule has 0 N–H and O–H groups in total. The van der Waals surface area contributed by atoms with E-state index in [0.29, 0.717) is 31.1 Å². The predicted octanol–water partition coefficient (Wildman–Crippen LogP) is 2.06. The van der Waals surface area contributed by atoms with Gasteiger partial charge in [-0.2, -0.15) is 0 Å². The summed E-state index contributed by atoms with van der Waals surface area (Å²) in [4.78, 5) is 4.11. The molecule has 3 nitrogen and oxygen atoms in total. The smallest absolute Gasteiger partial charge is 0.251 e. The lowest BCUT2D eigenvalue weighted by Crippen LogP contribution is -2.50. The summed E-state index contributed by atoms with van der Waals surface area (Å²) in [7, 11) is 0. The van der Waals surface area contributed by atoms with E-state index in [1.807, 2.05) is 0 Å². The number of alkyl halides is 3. The van der Waals surface area contributed by atoms with Crippen molar-refractivity contribution in [1.29, 1.82) is 0 Å². The van der Waals surface area contributed by atoms with Crippen molar-refractivity contribution in [2.75, 3.05) is 44.7 Å². The molecule has 1 fully saturated rings. The van der Waals surface area contributed by atoms with Crippen molar-refractivity contribution in [3.05, 3.63) is 0 Å². The van der Waals surface area contributed by atoms with Crippen LogP contribution in [0.25, 0.3) is 0 Å². The molecule has 0 radical (unpaired) electrons. The van der Waals surface area contributed by atoms with E-state index < -0.39 is 6.43 Å². The highest BCUT2D eigenvalue weighted by Crippen LogP contribution is 2.11. The monoisotopic (exact) mass is 328 g/mol. The Morgan fingerprint density at radius 2 is 2.17 bits per heavy atom. The second-order valence-corrected chi connectivity index (χ2v) is 5.71. The molecule has 0 saturated carbocycles. The van der Waals surface area contributed by atoms with Gasteiger partial charge < -0.3 is 4.74 Å². The Labute approximate surface area is 117 Å². The van der Waals surface area contributed by atoms with E-state index in [0.717, 1.165) is 13.1 Å². The third-order valence-corrected chi connectivity index (χ3v) is 3.51. The summed E-state index contributed by atoms with van der Waals surface area (Å²) in [5, 5.41) is 0.709. The van der Waals surface area contributed by atoms with Crippen LogP contribution in [-0.4, -0.2) is 73.0 Å². The Morgan fingerprint density at radius 3 is 2.72 bits per heavy atom. The second kappa shape index (κ2) is 8.40. The van der Waals surface area contributed by atoms with Gasteiger partial charge in [-0.15, -0.1) is 0 Å². The summed E-state index contributed by atoms with van der Waals surface area (Å²) in [5.41, 5.74) is 0. The molecule has 0 bridgehead atoms. The number of ether oxygens (including phenoxy) is 1. The van der Waals surface area contributed by atoms with Gasteiger partial charge in [-0.25, -0.2) is 8.78 Å². The highest BCUT2D eigenvalue weighted by molar-refractivity contribution is 9.09. The van der Waals surface area contributed by atoms with Crippen LogP contribution in [0.3, 0.4) is 0 Å². The third-order valence-electron chi connectivity index (χ3n) is 3.16. The van der Waals surface area contributed by atoms with Crippen LogP contribution in [0.2, 0.25) is 0 Å². The number of hydrogen-bond donors (Lipinski definition) is 0. The van der Waals surface area contributed by atoms with Gasteiger partial charge in [0.2, 0.25) is 0 Å². The molecule has 1 aliphatic heterocycles. The van der Waals surface area contributed by atoms with Crippen molar-refractivity contribution in [3.8, 4) is 0 Å². The first-order chi connectivity index (χ1) is 8.52. The first-order valence-corrected chi connectivity index (χ1v) is 7.57. The second-order valence-electron chi connectivity index (χ2n) is 4.92. The van der Waals surface area contributed by atoms with Crippen LogP contribution in [0.1, 0.15) is 13.8 Å². The fourth-order valence-corrected chi connectivity index (χ4v) is 2.68. The zero-order valence-electron chi connectivity index (χ0n) is 11.1. The lowest BCUT2D eigenvalue weighted by Gasteiger charge is -2.37. The topological polar surface area (TPSA) is 15.7 Å². The van der Waals surface area contributed by atoms with E-state index in [-0.39, 0.29) is 12.6 Å². The normalized spacial score (nSPS) is 22.3. The number of nitrogens with zero attached hydrogens (tertiary/aromatic N) is 2. The maximum absolute atomic E-state index is 12.5. The fourth-order valence-electron chi connectivity index (χ4n) is 2.18. The molecule has 108 valence electrons. The van der Waals surface area contributed by atoms with Gasteiger partial charge in [0.05, 0.1) is 19.3 Å². The number of morpholine rings is 1. The van der Waals surface area contributed by atoms with Crippen LogP contribution >= 0.6 is 15.9 Å². The van der Waals surface area contributed by atoms with Gasteiger partial charge in [0, 0.05) is 37.6 Å². The van der Waals surface area contributed by atoms with Crippen molar-refractivity contribution >= 4 is 15.9 Å². The number of halogens is 3. The zero-order chi connectivity index (χ0) is 13.5. The van der Waals surface area contributed by atoms with Crippen molar-refractivity contribution in [2.45, 2.75) is 32.4 Å². The van der Waals surface area contributed by atoms with Crippen LogP contribution in [0, 0.1) is 0 Å². The molecular weight excluding hydrogens is 306 g/mol. The van der Waals surface area contributed by atoms with Gasteiger partial charge in [0.1, 0.15) is 0 Å². The number of hydrogen-bond acceptors (Lipinski definition) is 3. The summed E-state index contributed by atoms with van der Waals surface area (Å²) in [6.07, 6.45) is -2.24. The minimum Gasteiger partial charge on any atom is -0.374 e.